The molecule has 1 aliphatic heterocycles. The fourth-order valence-corrected chi connectivity index (χ4v) is 7.63. The van der Waals surface area contributed by atoms with Gasteiger partial charge in [-0.15, -0.1) is 0 Å². The molecule has 4 N–H and O–H groups in total. The third-order valence-electron chi connectivity index (χ3n) is 10.4. The van der Waals surface area contributed by atoms with Gasteiger partial charge < -0.3 is 38.7 Å². The number of halogens is 1. The maximum atomic E-state index is 13.4. The van der Waals surface area contributed by atoms with E-state index in [0.29, 0.717) is 11.6 Å². The maximum absolute atomic E-state index is 13.4. The van der Waals surface area contributed by atoms with Crippen molar-refractivity contribution in [2.24, 2.45) is 0 Å². The largest absolute Gasteiger partial charge is 0.475 e. The van der Waals surface area contributed by atoms with Crippen molar-refractivity contribution < 1.29 is 53.1 Å². The minimum atomic E-state index is -1.96. The first-order chi connectivity index (χ1) is 28.9. The number of rotatable bonds is 15. The van der Waals surface area contributed by atoms with Crippen LogP contribution in [0.2, 0.25) is 5.02 Å². The van der Waals surface area contributed by atoms with Crippen molar-refractivity contribution in [3.63, 3.8) is 0 Å². The van der Waals surface area contributed by atoms with Crippen molar-refractivity contribution in [2.45, 2.75) is 24.4 Å². The van der Waals surface area contributed by atoms with Gasteiger partial charge in [0.1, 0.15) is 30.0 Å². The third-order valence-corrected chi connectivity index (χ3v) is 10.6. The lowest BCUT2D eigenvalue weighted by atomic mass is 9.91. The van der Waals surface area contributed by atoms with Crippen LogP contribution in [0.1, 0.15) is 61.6 Å². The van der Waals surface area contributed by atoms with E-state index in [4.69, 9.17) is 29.9 Å². The van der Waals surface area contributed by atoms with Gasteiger partial charge in [-0.25, -0.2) is 14.4 Å². The van der Waals surface area contributed by atoms with E-state index in [9.17, 15) is 44.4 Å². The number of aromatic carboxylic acids is 2. The number of carboxylic acids is 2. The molecule has 15 nitrogen and oxygen atoms in total. The molecule has 4 aromatic carbocycles. The standard InChI is InChI=1S/C44H39ClN2O13/c45-27-14-12-26(13-15-27)39(25-6-2-1-3-7-25)47-18-16-46(17-19-47)20-21-57-24-36(50)60-42(40(51)28-8-4-10-32-37(28)30(48)22-34(58-32)43(53)54)41(52)29-9-5-11-33-38(29)31(49)23-35(59-33)44(55)56/h1-15,22-23,39-42,51-52H,16-21,24H2,(H,53,54)(H,55,56). The molecule has 2 aromatic heterocycles. The smallest absolute Gasteiger partial charge is 0.371 e. The van der Waals surface area contributed by atoms with Crippen LogP contribution < -0.4 is 10.9 Å². The topological polar surface area (TPSA) is 217 Å². The van der Waals surface area contributed by atoms with Crippen LogP contribution in [-0.2, 0) is 14.3 Å². The van der Waals surface area contributed by atoms with Crippen LogP contribution in [0.5, 0.6) is 0 Å². The summed E-state index contributed by atoms with van der Waals surface area (Å²) in [5.41, 5.74) is -0.139. The Morgan fingerprint density at radius 3 is 1.72 bits per heavy atom. The number of esters is 1. The summed E-state index contributed by atoms with van der Waals surface area (Å²) < 4.78 is 22.1. The van der Waals surface area contributed by atoms with Gasteiger partial charge in [0.15, 0.2) is 17.0 Å². The molecule has 0 spiro atoms. The Labute approximate surface area is 346 Å². The molecular weight excluding hydrogens is 800 g/mol. The van der Waals surface area contributed by atoms with Crippen LogP contribution in [0.3, 0.4) is 0 Å². The fourth-order valence-electron chi connectivity index (χ4n) is 7.51. The Morgan fingerprint density at radius 2 is 1.20 bits per heavy atom. The predicted octanol–water partition coefficient (Wildman–Crippen LogP) is 5.05. The highest BCUT2D eigenvalue weighted by Crippen LogP contribution is 2.35. The molecule has 1 saturated heterocycles. The van der Waals surface area contributed by atoms with Crippen molar-refractivity contribution in [2.75, 3.05) is 45.9 Å². The van der Waals surface area contributed by atoms with Gasteiger partial charge in [0, 0.05) is 49.9 Å². The Bertz CT molecular complexity index is 2520. The molecule has 0 saturated carbocycles. The van der Waals surface area contributed by atoms with Crippen LogP contribution in [0.4, 0.5) is 0 Å². The van der Waals surface area contributed by atoms with E-state index in [1.54, 1.807) is 0 Å². The second-order valence-electron chi connectivity index (χ2n) is 14.1. The average Bonchev–Trinajstić information content (AvgIpc) is 3.25. The number of ether oxygens (including phenoxy) is 2. The van der Waals surface area contributed by atoms with Gasteiger partial charge in [-0.2, -0.15) is 0 Å². The lowest BCUT2D eigenvalue weighted by molar-refractivity contribution is -0.170. The summed E-state index contributed by atoms with van der Waals surface area (Å²) in [6.07, 6.45) is -5.83. The van der Waals surface area contributed by atoms with E-state index in [2.05, 4.69) is 21.9 Å². The SMILES string of the molecule is O=C(COCCN1CCN(C(c2ccccc2)c2ccc(Cl)cc2)CC1)OC(C(O)c1cccc2oc(C(=O)O)cc(=O)c12)C(O)c1cccc2oc(C(=O)O)cc(=O)c12. The Kier molecular flexibility index (Phi) is 12.8. The molecule has 310 valence electrons. The normalized spacial score (nSPS) is 15.7. The van der Waals surface area contributed by atoms with Gasteiger partial charge in [0.05, 0.1) is 23.4 Å². The number of hydrogen-bond acceptors (Lipinski definition) is 13. The van der Waals surface area contributed by atoms with Crippen molar-refractivity contribution in [1.82, 2.24) is 9.80 Å². The van der Waals surface area contributed by atoms with Crippen LogP contribution in [-0.4, -0.2) is 100 Å². The zero-order valence-corrected chi connectivity index (χ0v) is 32.6. The van der Waals surface area contributed by atoms with E-state index in [1.165, 1.54) is 36.4 Å². The van der Waals surface area contributed by atoms with E-state index in [1.807, 2.05) is 42.5 Å². The van der Waals surface area contributed by atoms with Crippen LogP contribution in [0.25, 0.3) is 21.9 Å². The Balaban J connectivity index is 1.06. The number of carbonyl (C=O) groups excluding carboxylic acids is 1. The number of hydrogen-bond donors (Lipinski definition) is 4. The molecule has 3 unspecified atom stereocenters. The van der Waals surface area contributed by atoms with Gasteiger partial charge in [0.25, 0.3) is 0 Å². The lowest BCUT2D eigenvalue weighted by Gasteiger charge is -2.39. The number of aliphatic hydroxyl groups excluding tert-OH is 2. The second kappa shape index (κ2) is 18.4. The van der Waals surface area contributed by atoms with E-state index >= 15 is 0 Å². The fraction of sp³-hybridized carbons (Fsp3) is 0.250. The summed E-state index contributed by atoms with van der Waals surface area (Å²) in [6, 6.07) is 27.5. The first-order valence-electron chi connectivity index (χ1n) is 18.9. The highest BCUT2D eigenvalue weighted by atomic mass is 35.5. The van der Waals surface area contributed by atoms with Gasteiger partial charge in [-0.3, -0.25) is 19.4 Å². The Morgan fingerprint density at radius 1 is 0.683 bits per heavy atom. The highest BCUT2D eigenvalue weighted by molar-refractivity contribution is 6.30. The summed E-state index contributed by atoms with van der Waals surface area (Å²) in [6.45, 7) is 3.00. The molecule has 0 bridgehead atoms. The third kappa shape index (κ3) is 9.16. The van der Waals surface area contributed by atoms with Gasteiger partial charge in [0.2, 0.25) is 11.5 Å². The summed E-state index contributed by atoms with van der Waals surface area (Å²) in [5, 5.41) is 42.6. The lowest BCUT2D eigenvalue weighted by Crippen LogP contribution is -2.48. The first-order valence-corrected chi connectivity index (χ1v) is 19.3. The minimum Gasteiger partial charge on any atom is -0.475 e. The van der Waals surface area contributed by atoms with Crippen LogP contribution >= 0.6 is 11.6 Å². The van der Waals surface area contributed by atoms with Crippen molar-refractivity contribution in [3.8, 4) is 0 Å². The number of carboxylic acid groups (broad SMARTS) is 2. The van der Waals surface area contributed by atoms with Crippen LogP contribution in [0, 0.1) is 0 Å². The zero-order valence-electron chi connectivity index (χ0n) is 31.8. The summed E-state index contributed by atoms with van der Waals surface area (Å²) in [5.74, 6) is -5.32. The molecule has 1 fully saturated rings. The number of nitrogens with zero attached hydrogens (tertiary/aromatic N) is 2. The van der Waals surface area contributed by atoms with Gasteiger partial charge in [-0.1, -0.05) is 78.3 Å². The van der Waals surface area contributed by atoms with Gasteiger partial charge >= 0.3 is 17.9 Å². The van der Waals surface area contributed by atoms with E-state index in [-0.39, 0.29) is 45.7 Å². The van der Waals surface area contributed by atoms with Crippen molar-refractivity contribution >= 4 is 51.4 Å². The monoisotopic (exact) mass is 838 g/mol. The van der Waals surface area contributed by atoms with Crippen LogP contribution in [0.15, 0.2) is 122 Å². The number of carbonyl (C=O) groups is 3. The average molecular weight is 839 g/mol. The maximum Gasteiger partial charge on any atom is 0.371 e. The Hall–Kier alpha value is -6.20. The molecule has 60 heavy (non-hydrogen) atoms. The van der Waals surface area contributed by atoms with E-state index in [0.717, 1.165) is 49.4 Å². The molecule has 0 radical (unpaired) electrons. The second-order valence-corrected chi connectivity index (χ2v) is 14.6. The van der Waals surface area contributed by atoms with E-state index < -0.39 is 65.2 Å². The summed E-state index contributed by atoms with van der Waals surface area (Å²) in [4.78, 5) is 67.5. The predicted molar refractivity (Wildman–Crippen MR) is 217 cm³/mol. The highest BCUT2D eigenvalue weighted by Gasteiger charge is 2.36. The minimum absolute atomic E-state index is 0.0340. The van der Waals surface area contributed by atoms with Gasteiger partial charge in [-0.05, 0) is 46.5 Å². The number of fused-ring (bicyclic) bond motifs is 2. The molecular formula is C44H39ClN2O13. The molecule has 7 rings (SSSR count). The molecule has 1 aliphatic rings. The molecule has 3 atom stereocenters. The number of aliphatic hydroxyl groups is 2. The molecule has 3 heterocycles. The zero-order chi connectivity index (χ0) is 42.5. The molecule has 0 amide bonds. The first kappa shape index (κ1) is 41.9. The quantitative estimate of drug-likeness (QED) is 0.0786. The number of benzene rings is 4. The number of piperazine rings is 1. The molecule has 0 aliphatic carbocycles. The van der Waals surface area contributed by atoms with Crippen molar-refractivity contribution in [3.05, 3.63) is 162 Å². The molecule has 16 heteroatoms. The molecule has 6 aromatic rings. The van der Waals surface area contributed by atoms with Crippen molar-refractivity contribution in [1.29, 1.82) is 0 Å². The summed E-state index contributed by atoms with van der Waals surface area (Å²) in [7, 11) is 0. The summed E-state index contributed by atoms with van der Waals surface area (Å²) >= 11 is 6.18.